The summed E-state index contributed by atoms with van der Waals surface area (Å²) in [5, 5.41) is 12.4. The molecule has 0 aromatic heterocycles. The Morgan fingerprint density at radius 3 is 2.11 bits per heavy atom. The molecule has 3 heteroatoms. The molecule has 108 valence electrons. The average molecular weight is 264 g/mol. The van der Waals surface area contributed by atoms with E-state index in [1.165, 1.54) is 0 Å². The zero-order chi connectivity index (χ0) is 14.5. The predicted molar refractivity (Wildman–Crippen MR) is 77.3 cm³/mol. The lowest BCUT2D eigenvalue weighted by Gasteiger charge is -2.31. The van der Waals surface area contributed by atoms with E-state index in [9.17, 15) is 10.1 Å². The lowest BCUT2D eigenvalue weighted by Crippen LogP contribution is -2.44. The van der Waals surface area contributed by atoms with Crippen LogP contribution >= 0.6 is 0 Å². The van der Waals surface area contributed by atoms with Gasteiger partial charge in [0.2, 0.25) is 5.91 Å². The summed E-state index contributed by atoms with van der Waals surface area (Å²) in [6.45, 7) is 9.46. The Kier molecular flexibility index (Phi) is 5.85. The van der Waals surface area contributed by atoms with Crippen molar-refractivity contribution in [3.63, 3.8) is 0 Å². The Bertz CT molecular complexity index is 327. The Morgan fingerprint density at radius 1 is 1.16 bits per heavy atom. The maximum atomic E-state index is 12.4. The Hall–Kier alpha value is -1.04. The third kappa shape index (κ3) is 3.96. The van der Waals surface area contributed by atoms with Crippen LogP contribution in [0, 0.1) is 34.5 Å². The first-order valence-corrected chi connectivity index (χ1v) is 7.62. The predicted octanol–water partition coefficient (Wildman–Crippen LogP) is 3.50. The van der Waals surface area contributed by atoms with Crippen LogP contribution in [0.25, 0.3) is 0 Å². The standard InChI is InChI=1S/C16H28N2O/c1-12(2)14(13(3)4)10-18-15(19)16(11-17)8-6-5-7-9-16/h12-14H,5-10H2,1-4H3,(H,18,19). The monoisotopic (exact) mass is 264 g/mol. The molecule has 1 N–H and O–H groups in total. The molecule has 1 fully saturated rings. The second-order valence-corrected chi connectivity index (χ2v) is 6.62. The van der Waals surface area contributed by atoms with E-state index in [0.717, 1.165) is 32.1 Å². The van der Waals surface area contributed by atoms with Crippen LogP contribution in [0.5, 0.6) is 0 Å². The number of carbonyl (C=O) groups excluding carboxylic acids is 1. The second kappa shape index (κ2) is 6.93. The highest BCUT2D eigenvalue weighted by Crippen LogP contribution is 2.36. The van der Waals surface area contributed by atoms with Gasteiger partial charge in [0.05, 0.1) is 6.07 Å². The molecular weight excluding hydrogens is 236 g/mol. The molecule has 0 aromatic carbocycles. The molecule has 0 atom stereocenters. The molecule has 0 bridgehead atoms. The first kappa shape index (κ1) is 16.0. The molecule has 1 rings (SSSR count). The molecule has 1 saturated carbocycles. The molecule has 0 saturated heterocycles. The van der Waals surface area contributed by atoms with Crippen LogP contribution in [0.3, 0.4) is 0 Å². The van der Waals surface area contributed by atoms with Gasteiger partial charge in [0.25, 0.3) is 0 Å². The van der Waals surface area contributed by atoms with Crippen molar-refractivity contribution in [3.05, 3.63) is 0 Å². The zero-order valence-corrected chi connectivity index (χ0v) is 12.8. The van der Waals surface area contributed by atoms with E-state index < -0.39 is 5.41 Å². The summed E-state index contributed by atoms with van der Waals surface area (Å²) in [4.78, 5) is 12.4. The van der Waals surface area contributed by atoms with Crippen LogP contribution in [0.4, 0.5) is 0 Å². The molecule has 1 aliphatic rings. The zero-order valence-electron chi connectivity index (χ0n) is 12.8. The molecule has 0 heterocycles. The van der Waals surface area contributed by atoms with Crippen LogP contribution in [0.15, 0.2) is 0 Å². The van der Waals surface area contributed by atoms with Gasteiger partial charge in [-0.15, -0.1) is 0 Å². The summed E-state index contributed by atoms with van der Waals surface area (Å²) >= 11 is 0. The minimum absolute atomic E-state index is 0.0407. The van der Waals surface area contributed by atoms with Gasteiger partial charge < -0.3 is 5.32 Å². The third-order valence-electron chi connectivity index (χ3n) is 4.57. The molecular formula is C16H28N2O. The van der Waals surface area contributed by atoms with Gasteiger partial charge in [-0.3, -0.25) is 4.79 Å². The fraction of sp³-hybridized carbons (Fsp3) is 0.875. The highest BCUT2D eigenvalue weighted by atomic mass is 16.2. The van der Waals surface area contributed by atoms with Crippen molar-refractivity contribution < 1.29 is 4.79 Å². The van der Waals surface area contributed by atoms with Gasteiger partial charge in [-0.05, 0) is 30.6 Å². The van der Waals surface area contributed by atoms with Gasteiger partial charge in [0, 0.05) is 6.54 Å². The van der Waals surface area contributed by atoms with E-state index in [0.29, 0.717) is 24.3 Å². The number of rotatable bonds is 5. The quantitative estimate of drug-likeness (QED) is 0.826. The van der Waals surface area contributed by atoms with Crippen LogP contribution in [-0.2, 0) is 4.79 Å². The van der Waals surface area contributed by atoms with Crippen molar-refractivity contribution in [2.24, 2.45) is 23.2 Å². The van der Waals surface area contributed by atoms with Gasteiger partial charge in [0.15, 0.2) is 0 Å². The van der Waals surface area contributed by atoms with Crippen molar-refractivity contribution in [2.45, 2.75) is 59.8 Å². The van der Waals surface area contributed by atoms with Crippen molar-refractivity contribution in [2.75, 3.05) is 6.54 Å². The number of carbonyl (C=O) groups is 1. The van der Waals surface area contributed by atoms with Gasteiger partial charge in [-0.1, -0.05) is 47.0 Å². The SMILES string of the molecule is CC(C)C(CNC(=O)C1(C#N)CCCCC1)C(C)C. The number of amides is 1. The van der Waals surface area contributed by atoms with E-state index in [4.69, 9.17) is 0 Å². The largest absolute Gasteiger partial charge is 0.354 e. The van der Waals surface area contributed by atoms with Crippen molar-refractivity contribution in [1.29, 1.82) is 5.26 Å². The Labute approximate surface area is 117 Å². The fourth-order valence-corrected chi connectivity index (χ4v) is 3.17. The first-order valence-electron chi connectivity index (χ1n) is 7.62. The molecule has 0 spiro atoms. The molecule has 0 aliphatic heterocycles. The topological polar surface area (TPSA) is 52.9 Å². The fourth-order valence-electron chi connectivity index (χ4n) is 3.17. The summed E-state index contributed by atoms with van der Waals surface area (Å²) in [6, 6.07) is 2.29. The summed E-state index contributed by atoms with van der Waals surface area (Å²) in [5.74, 6) is 1.53. The number of hydrogen-bond donors (Lipinski definition) is 1. The van der Waals surface area contributed by atoms with Crippen LogP contribution in [0.2, 0.25) is 0 Å². The van der Waals surface area contributed by atoms with Crippen LogP contribution in [-0.4, -0.2) is 12.5 Å². The van der Waals surface area contributed by atoms with E-state index in [2.05, 4.69) is 39.1 Å². The highest BCUT2D eigenvalue weighted by Gasteiger charge is 2.39. The van der Waals surface area contributed by atoms with Gasteiger partial charge in [-0.25, -0.2) is 0 Å². The molecule has 1 aliphatic carbocycles. The minimum Gasteiger partial charge on any atom is -0.354 e. The first-order chi connectivity index (χ1) is 8.93. The van der Waals surface area contributed by atoms with Crippen molar-refractivity contribution >= 4 is 5.91 Å². The Balaban J connectivity index is 2.61. The minimum atomic E-state index is -0.753. The smallest absolute Gasteiger partial charge is 0.240 e. The van der Waals surface area contributed by atoms with Crippen molar-refractivity contribution in [1.82, 2.24) is 5.32 Å². The number of nitrogens with zero attached hydrogens (tertiary/aromatic N) is 1. The molecule has 1 amide bonds. The van der Waals surface area contributed by atoms with Gasteiger partial charge >= 0.3 is 0 Å². The van der Waals surface area contributed by atoms with E-state index in [-0.39, 0.29) is 5.91 Å². The summed E-state index contributed by atoms with van der Waals surface area (Å²) in [6.07, 6.45) is 4.60. The van der Waals surface area contributed by atoms with Gasteiger partial charge in [0.1, 0.15) is 5.41 Å². The summed E-state index contributed by atoms with van der Waals surface area (Å²) < 4.78 is 0. The summed E-state index contributed by atoms with van der Waals surface area (Å²) in [7, 11) is 0. The molecule has 3 nitrogen and oxygen atoms in total. The molecule has 0 unspecified atom stereocenters. The third-order valence-corrected chi connectivity index (χ3v) is 4.57. The van der Waals surface area contributed by atoms with Crippen LogP contribution < -0.4 is 5.32 Å². The highest BCUT2D eigenvalue weighted by molar-refractivity contribution is 5.85. The van der Waals surface area contributed by atoms with E-state index in [1.54, 1.807) is 0 Å². The second-order valence-electron chi connectivity index (χ2n) is 6.62. The Morgan fingerprint density at radius 2 is 1.68 bits per heavy atom. The number of nitriles is 1. The maximum absolute atomic E-state index is 12.4. The lowest BCUT2D eigenvalue weighted by atomic mass is 9.74. The van der Waals surface area contributed by atoms with Crippen LogP contribution in [0.1, 0.15) is 59.8 Å². The number of nitrogens with one attached hydrogen (secondary N) is 1. The van der Waals surface area contributed by atoms with Gasteiger partial charge in [-0.2, -0.15) is 5.26 Å². The molecule has 19 heavy (non-hydrogen) atoms. The lowest BCUT2D eigenvalue weighted by molar-refractivity contribution is -0.129. The summed E-state index contributed by atoms with van der Waals surface area (Å²) in [5.41, 5.74) is -0.753. The number of hydrogen-bond acceptors (Lipinski definition) is 2. The molecule has 0 radical (unpaired) electrons. The average Bonchev–Trinajstić information content (AvgIpc) is 2.38. The normalized spacial score (nSPS) is 18.6. The molecule has 0 aromatic rings. The maximum Gasteiger partial charge on any atom is 0.240 e. The van der Waals surface area contributed by atoms with E-state index in [1.807, 2.05) is 0 Å². The van der Waals surface area contributed by atoms with Crippen molar-refractivity contribution in [3.8, 4) is 6.07 Å². The van der Waals surface area contributed by atoms with E-state index >= 15 is 0 Å².